The maximum atomic E-state index is 5.72. The SMILES string of the molecule is [CH2]C(Cl)CCc1ccccc1. The zero-order chi connectivity index (χ0) is 8.10. The number of aryl methyl sites for hydroxylation is 1. The molecule has 0 amide bonds. The van der Waals surface area contributed by atoms with Crippen molar-refractivity contribution in [2.45, 2.75) is 18.2 Å². The van der Waals surface area contributed by atoms with E-state index in [-0.39, 0.29) is 5.38 Å². The van der Waals surface area contributed by atoms with Crippen LogP contribution >= 0.6 is 11.6 Å². The van der Waals surface area contributed by atoms with E-state index in [2.05, 4.69) is 19.1 Å². The van der Waals surface area contributed by atoms with Crippen LogP contribution in [0.1, 0.15) is 12.0 Å². The first-order chi connectivity index (χ1) is 5.29. The molecule has 11 heavy (non-hydrogen) atoms. The molecule has 0 aliphatic rings. The van der Waals surface area contributed by atoms with Crippen molar-refractivity contribution in [3.63, 3.8) is 0 Å². The number of hydrogen-bond donors (Lipinski definition) is 0. The van der Waals surface area contributed by atoms with Crippen LogP contribution in [0.5, 0.6) is 0 Å². The molecule has 0 aromatic heterocycles. The van der Waals surface area contributed by atoms with Crippen LogP contribution in [-0.4, -0.2) is 5.38 Å². The summed E-state index contributed by atoms with van der Waals surface area (Å²) in [6.45, 7) is 3.72. The van der Waals surface area contributed by atoms with Gasteiger partial charge in [0.25, 0.3) is 0 Å². The fraction of sp³-hybridized carbons (Fsp3) is 0.300. The quantitative estimate of drug-likeness (QED) is 0.607. The van der Waals surface area contributed by atoms with E-state index < -0.39 is 0 Å². The molecule has 1 heteroatoms. The average molecular weight is 168 g/mol. The first-order valence-corrected chi connectivity index (χ1v) is 4.24. The van der Waals surface area contributed by atoms with Gasteiger partial charge in [0.1, 0.15) is 0 Å². The van der Waals surface area contributed by atoms with Gasteiger partial charge in [-0.05, 0) is 25.3 Å². The van der Waals surface area contributed by atoms with Crippen molar-refractivity contribution in [2.24, 2.45) is 0 Å². The minimum atomic E-state index is 0.0372. The fourth-order valence-electron chi connectivity index (χ4n) is 0.968. The van der Waals surface area contributed by atoms with Crippen molar-refractivity contribution >= 4 is 11.6 Å². The highest BCUT2D eigenvalue weighted by Gasteiger charge is 1.96. The number of benzene rings is 1. The van der Waals surface area contributed by atoms with Crippen molar-refractivity contribution in [3.05, 3.63) is 42.8 Å². The lowest BCUT2D eigenvalue weighted by Gasteiger charge is -2.01. The molecule has 1 aromatic rings. The molecule has 0 nitrogen and oxygen atoms in total. The molecule has 0 aliphatic carbocycles. The fourth-order valence-corrected chi connectivity index (χ4v) is 1.08. The van der Waals surface area contributed by atoms with Crippen LogP contribution in [0.2, 0.25) is 0 Å². The van der Waals surface area contributed by atoms with Crippen molar-refractivity contribution in [1.29, 1.82) is 0 Å². The Morgan fingerprint density at radius 2 is 1.91 bits per heavy atom. The van der Waals surface area contributed by atoms with E-state index in [0.717, 1.165) is 12.8 Å². The van der Waals surface area contributed by atoms with Gasteiger partial charge in [-0.25, -0.2) is 0 Å². The van der Waals surface area contributed by atoms with Crippen LogP contribution in [0.25, 0.3) is 0 Å². The summed E-state index contributed by atoms with van der Waals surface area (Å²) in [5, 5.41) is 0.0372. The number of halogens is 1. The smallest absolute Gasteiger partial charge is 0.0339 e. The van der Waals surface area contributed by atoms with Crippen LogP contribution in [-0.2, 0) is 6.42 Å². The van der Waals surface area contributed by atoms with Gasteiger partial charge < -0.3 is 0 Å². The highest BCUT2D eigenvalue weighted by atomic mass is 35.5. The molecule has 1 aromatic carbocycles. The third-order valence-corrected chi connectivity index (χ3v) is 1.81. The molecule has 0 spiro atoms. The van der Waals surface area contributed by atoms with E-state index in [1.165, 1.54) is 5.56 Å². The molecule has 0 saturated carbocycles. The first kappa shape index (κ1) is 8.61. The Morgan fingerprint density at radius 3 is 2.45 bits per heavy atom. The Balaban J connectivity index is 2.39. The Hall–Kier alpha value is -0.490. The Labute approximate surface area is 73.2 Å². The Bertz CT molecular complexity index is 191. The minimum Gasteiger partial charge on any atom is -0.123 e. The van der Waals surface area contributed by atoms with Crippen LogP contribution in [0.3, 0.4) is 0 Å². The lowest BCUT2D eigenvalue weighted by Crippen LogP contribution is -1.94. The lowest BCUT2D eigenvalue weighted by molar-refractivity contribution is 0.847. The van der Waals surface area contributed by atoms with Crippen molar-refractivity contribution < 1.29 is 0 Å². The van der Waals surface area contributed by atoms with Gasteiger partial charge >= 0.3 is 0 Å². The molecule has 0 bridgehead atoms. The van der Waals surface area contributed by atoms with Gasteiger partial charge in [0.2, 0.25) is 0 Å². The molecular formula is C10H12Cl. The zero-order valence-corrected chi connectivity index (χ0v) is 7.22. The molecule has 59 valence electrons. The topological polar surface area (TPSA) is 0 Å². The average Bonchev–Trinajstić information content (AvgIpc) is 2.03. The van der Waals surface area contributed by atoms with Gasteiger partial charge in [-0.2, -0.15) is 0 Å². The summed E-state index contributed by atoms with van der Waals surface area (Å²) in [6.07, 6.45) is 1.98. The summed E-state index contributed by atoms with van der Waals surface area (Å²) in [7, 11) is 0. The van der Waals surface area contributed by atoms with E-state index in [0.29, 0.717) is 0 Å². The standard InChI is InChI=1S/C10H12Cl/c1-9(11)7-8-10-5-3-2-4-6-10/h2-6,9H,1,7-8H2. The van der Waals surface area contributed by atoms with Crippen LogP contribution in [0, 0.1) is 6.92 Å². The third-order valence-electron chi connectivity index (χ3n) is 1.59. The van der Waals surface area contributed by atoms with Gasteiger partial charge in [0.05, 0.1) is 0 Å². The predicted molar refractivity (Wildman–Crippen MR) is 49.8 cm³/mol. The maximum absolute atomic E-state index is 5.72. The van der Waals surface area contributed by atoms with Gasteiger partial charge in [0, 0.05) is 5.38 Å². The second-order valence-corrected chi connectivity index (χ2v) is 3.24. The van der Waals surface area contributed by atoms with E-state index in [1.54, 1.807) is 0 Å². The number of rotatable bonds is 3. The van der Waals surface area contributed by atoms with Gasteiger partial charge in [-0.15, -0.1) is 11.6 Å². The van der Waals surface area contributed by atoms with Gasteiger partial charge in [-0.3, -0.25) is 0 Å². The van der Waals surface area contributed by atoms with Crippen molar-refractivity contribution in [1.82, 2.24) is 0 Å². The summed E-state index contributed by atoms with van der Waals surface area (Å²) in [4.78, 5) is 0. The normalized spacial score (nSPS) is 12.9. The molecule has 0 saturated heterocycles. The summed E-state index contributed by atoms with van der Waals surface area (Å²) in [5.41, 5.74) is 1.34. The highest BCUT2D eigenvalue weighted by molar-refractivity contribution is 6.21. The molecule has 0 N–H and O–H groups in total. The molecular weight excluding hydrogens is 156 g/mol. The number of alkyl halides is 1. The minimum absolute atomic E-state index is 0.0372. The van der Waals surface area contributed by atoms with Gasteiger partial charge in [0.15, 0.2) is 0 Å². The second kappa shape index (κ2) is 4.40. The highest BCUT2D eigenvalue weighted by Crippen LogP contribution is 2.07. The maximum Gasteiger partial charge on any atom is 0.0339 e. The van der Waals surface area contributed by atoms with Crippen molar-refractivity contribution in [3.8, 4) is 0 Å². The van der Waals surface area contributed by atoms with E-state index in [1.807, 2.05) is 18.2 Å². The third kappa shape index (κ3) is 3.43. The molecule has 0 heterocycles. The number of hydrogen-bond acceptors (Lipinski definition) is 0. The van der Waals surface area contributed by atoms with Crippen LogP contribution in [0.4, 0.5) is 0 Å². The molecule has 1 unspecified atom stereocenters. The monoisotopic (exact) mass is 167 g/mol. The van der Waals surface area contributed by atoms with Gasteiger partial charge in [-0.1, -0.05) is 30.3 Å². The van der Waals surface area contributed by atoms with Crippen molar-refractivity contribution in [2.75, 3.05) is 0 Å². The summed E-state index contributed by atoms with van der Waals surface area (Å²) in [6, 6.07) is 10.3. The molecule has 1 atom stereocenters. The van der Waals surface area contributed by atoms with Crippen LogP contribution in [0.15, 0.2) is 30.3 Å². The zero-order valence-electron chi connectivity index (χ0n) is 6.46. The summed E-state index contributed by atoms with van der Waals surface area (Å²) < 4.78 is 0. The molecule has 1 radical (unpaired) electrons. The summed E-state index contributed by atoms with van der Waals surface area (Å²) in [5.74, 6) is 0. The first-order valence-electron chi connectivity index (χ1n) is 3.80. The predicted octanol–water partition coefficient (Wildman–Crippen LogP) is 3.06. The molecule has 1 rings (SSSR count). The molecule has 0 aliphatic heterocycles. The van der Waals surface area contributed by atoms with Crippen LogP contribution < -0.4 is 0 Å². The Morgan fingerprint density at radius 1 is 1.27 bits per heavy atom. The largest absolute Gasteiger partial charge is 0.123 e. The Kier molecular flexibility index (Phi) is 3.44. The van der Waals surface area contributed by atoms with E-state index in [4.69, 9.17) is 11.6 Å². The summed E-state index contributed by atoms with van der Waals surface area (Å²) >= 11 is 5.72. The van der Waals surface area contributed by atoms with E-state index >= 15 is 0 Å². The molecule has 0 fully saturated rings. The lowest BCUT2D eigenvalue weighted by atomic mass is 10.1. The van der Waals surface area contributed by atoms with E-state index in [9.17, 15) is 0 Å². The second-order valence-electron chi connectivity index (χ2n) is 2.62.